The van der Waals surface area contributed by atoms with E-state index < -0.39 is 17.8 Å². The standard InChI is InChI=1S/C25H24N2O5/c1-5-9-18-13-17(15-21(31-4)22(18)32-12-6-2)14-19-23(28)26-25(30)27(24(19)29)20-11-8-7-10-16(20)3/h5-8,10-11,13-15H,1-2,9,12H2,3-4H3,(H,26,28,30)/b19-14+. The van der Waals surface area contributed by atoms with E-state index >= 15 is 0 Å². The highest BCUT2D eigenvalue weighted by Gasteiger charge is 2.37. The van der Waals surface area contributed by atoms with Crippen molar-refractivity contribution in [1.29, 1.82) is 0 Å². The fourth-order valence-corrected chi connectivity index (χ4v) is 3.39. The third-order valence-electron chi connectivity index (χ3n) is 4.85. The topological polar surface area (TPSA) is 84.9 Å². The maximum Gasteiger partial charge on any atom is 0.335 e. The number of nitrogens with zero attached hydrogens (tertiary/aromatic N) is 1. The van der Waals surface area contributed by atoms with Crippen LogP contribution in [0.4, 0.5) is 10.5 Å². The van der Waals surface area contributed by atoms with Gasteiger partial charge in [0.05, 0.1) is 12.8 Å². The number of methoxy groups -OCH3 is 1. The van der Waals surface area contributed by atoms with Gasteiger partial charge in [-0.25, -0.2) is 9.69 Å². The number of carbonyl (C=O) groups is 3. The van der Waals surface area contributed by atoms with Crippen LogP contribution in [0.5, 0.6) is 11.5 Å². The van der Waals surface area contributed by atoms with E-state index in [-0.39, 0.29) is 12.2 Å². The number of aryl methyl sites for hydroxylation is 1. The highest BCUT2D eigenvalue weighted by molar-refractivity contribution is 6.39. The molecule has 7 heteroatoms. The van der Waals surface area contributed by atoms with E-state index in [0.29, 0.717) is 29.2 Å². The highest BCUT2D eigenvalue weighted by atomic mass is 16.5. The molecule has 1 aliphatic rings. The predicted molar refractivity (Wildman–Crippen MR) is 123 cm³/mol. The van der Waals surface area contributed by atoms with Crippen LogP contribution < -0.4 is 19.7 Å². The van der Waals surface area contributed by atoms with Gasteiger partial charge in [0.15, 0.2) is 11.5 Å². The summed E-state index contributed by atoms with van der Waals surface area (Å²) in [5.41, 5.74) is 2.28. The SMILES string of the molecule is C=CCOc1c(CC=C)cc(/C=C2\C(=O)NC(=O)N(c3ccccc3C)C2=O)cc1OC. The minimum absolute atomic E-state index is 0.167. The van der Waals surface area contributed by atoms with Crippen molar-refractivity contribution >= 4 is 29.6 Å². The van der Waals surface area contributed by atoms with Gasteiger partial charge in [-0.3, -0.25) is 14.9 Å². The van der Waals surface area contributed by atoms with Gasteiger partial charge < -0.3 is 9.47 Å². The maximum atomic E-state index is 13.2. The van der Waals surface area contributed by atoms with Gasteiger partial charge in [0.2, 0.25) is 0 Å². The first kappa shape index (κ1) is 22.6. The second kappa shape index (κ2) is 9.78. The van der Waals surface area contributed by atoms with Crippen LogP contribution in [-0.4, -0.2) is 31.6 Å². The van der Waals surface area contributed by atoms with Crippen molar-refractivity contribution in [3.8, 4) is 11.5 Å². The van der Waals surface area contributed by atoms with Crippen LogP contribution in [0.1, 0.15) is 16.7 Å². The maximum absolute atomic E-state index is 13.2. The number of carbonyl (C=O) groups excluding carboxylic acids is 3. The molecule has 0 unspecified atom stereocenters. The fourth-order valence-electron chi connectivity index (χ4n) is 3.39. The number of para-hydroxylation sites is 1. The summed E-state index contributed by atoms with van der Waals surface area (Å²) in [6.45, 7) is 9.49. The Kier molecular flexibility index (Phi) is 6.90. The molecule has 0 radical (unpaired) electrons. The van der Waals surface area contributed by atoms with Crippen LogP contribution in [0, 0.1) is 6.92 Å². The van der Waals surface area contributed by atoms with Crippen molar-refractivity contribution in [2.75, 3.05) is 18.6 Å². The molecule has 1 N–H and O–H groups in total. The Bertz CT molecular complexity index is 1130. The molecule has 2 aromatic rings. The molecule has 32 heavy (non-hydrogen) atoms. The number of barbiturate groups is 1. The average Bonchev–Trinajstić information content (AvgIpc) is 2.77. The summed E-state index contributed by atoms with van der Waals surface area (Å²) in [6, 6.07) is 9.61. The number of ether oxygens (including phenoxy) is 2. The molecule has 3 rings (SSSR count). The molecule has 1 aliphatic heterocycles. The lowest BCUT2D eigenvalue weighted by molar-refractivity contribution is -0.122. The van der Waals surface area contributed by atoms with Crippen LogP contribution in [0.2, 0.25) is 0 Å². The highest BCUT2D eigenvalue weighted by Crippen LogP contribution is 2.35. The van der Waals surface area contributed by atoms with Gasteiger partial charge in [0.25, 0.3) is 11.8 Å². The van der Waals surface area contributed by atoms with E-state index in [9.17, 15) is 14.4 Å². The molecule has 0 spiro atoms. The van der Waals surface area contributed by atoms with Crippen LogP contribution in [0.25, 0.3) is 6.08 Å². The summed E-state index contributed by atoms with van der Waals surface area (Å²) in [4.78, 5) is 39.1. The Morgan fingerprint density at radius 1 is 1.09 bits per heavy atom. The number of nitrogens with one attached hydrogen (secondary N) is 1. The van der Waals surface area contributed by atoms with E-state index in [0.717, 1.165) is 16.0 Å². The van der Waals surface area contributed by atoms with E-state index in [2.05, 4.69) is 18.5 Å². The van der Waals surface area contributed by atoms with Gasteiger partial charge in [-0.15, -0.1) is 6.58 Å². The third-order valence-corrected chi connectivity index (χ3v) is 4.85. The van der Waals surface area contributed by atoms with Gasteiger partial charge in [-0.05, 0) is 48.7 Å². The zero-order valence-corrected chi connectivity index (χ0v) is 18.0. The number of urea groups is 1. The first-order chi connectivity index (χ1) is 15.4. The Morgan fingerprint density at radius 2 is 1.84 bits per heavy atom. The smallest absolute Gasteiger partial charge is 0.335 e. The Morgan fingerprint density at radius 3 is 2.50 bits per heavy atom. The number of anilines is 1. The molecule has 0 saturated carbocycles. The quantitative estimate of drug-likeness (QED) is 0.388. The van der Waals surface area contributed by atoms with E-state index in [1.807, 2.05) is 0 Å². The second-order valence-electron chi connectivity index (χ2n) is 7.05. The van der Waals surface area contributed by atoms with Crippen LogP contribution in [-0.2, 0) is 16.0 Å². The predicted octanol–water partition coefficient (Wildman–Crippen LogP) is 3.96. The number of hydrogen-bond donors (Lipinski definition) is 1. The molecule has 4 amide bonds. The van der Waals surface area contributed by atoms with Crippen molar-refractivity contribution in [2.24, 2.45) is 0 Å². The first-order valence-electron chi connectivity index (χ1n) is 9.93. The molecule has 1 saturated heterocycles. The summed E-state index contributed by atoms with van der Waals surface area (Å²) in [6.07, 6.45) is 5.24. The van der Waals surface area contributed by atoms with Crippen molar-refractivity contribution < 1.29 is 23.9 Å². The fraction of sp³-hybridized carbons (Fsp3) is 0.160. The van der Waals surface area contributed by atoms with Crippen molar-refractivity contribution in [3.63, 3.8) is 0 Å². The van der Waals surface area contributed by atoms with E-state index in [1.54, 1.807) is 55.5 Å². The lowest BCUT2D eigenvalue weighted by Gasteiger charge is -2.27. The number of benzene rings is 2. The van der Waals surface area contributed by atoms with Crippen molar-refractivity contribution in [3.05, 3.63) is 84.0 Å². The number of amides is 4. The molecule has 0 bridgehead atoms. The molecular formula is C25H24N2O5. The average molecular weight is 432 g/mol. The minimum Gasteiger partial charge on any atom is -0.493 e. The lowest BCUT2D eigenvalue weighted by Crippen LogP contribution is -2.54. The molecule has 164 valence electrons. The molecule has 0 aromatic heterocycles. The normalized spacial score (nSPS) is 14.9. The van der Waals surface area contributed by atoms with Gasteiger partial charge in [-0.1, -0.05) is 36.9 Å². The molecule has 1 heterocycles. The monoisotopic (exact) mass is 432 g/mol. The molecule has 0 aliphatic carbocycles. The summed E-state index contributed by atoms with van der Waals surface area (Å²) in [7, 11) is 1.50. The number of allylic oxidation sites excluding steroid dienone is 1. The summed E-state index contributed by atoms with van der Waals surface area (Å²) >= 11 is 0. The van der Waals surface area contributed by atoms with Crippen molar-refractivity contribution in [2.45, 2.75) is 13.3 Å². The largest absolute Gasteiger partial charge is 0.493 e. The number of hydrogen-bond acceptors (Lipinski definition) is 5. The second-order valence-corrected chi connectivity index (χ2v) is 7.05. The Labute approximate surface area is 186 Å². The molecule has 2 aromatic carbocycles. The Balaban J connectivity index is 2.08. The molecular weight excluding hydrogens is 408 g/mol. The molecule has 0 atom stereocenters. The zero-order valence-electron chi connectivity index (χ0n) is 18.0. The van der Waals surface area contributed by atoms with Gasteiger partial charge in [-0.2, -0.15) is 0 Å². The van der Waals surface area contributed by atoms with Crippen LogP contribution in [0.15, 0.2) is 67.3 Å². The summed E-state index contributed by atoms with van der Waals surface area (Å²) < 4.78 is 11.2. The van der Waals surface area contributed by atoms with Gasteiger partial charge >= 0.3 is 6.03 Å². The van der Waals surface area contributed by atoms with Crippen molar-refractivity contribution in [1.82, 2.24) is 5.32 Å². The lowest BCUT2D eigenvalue weighted by atomic mass is 10.0. The zero-order chi connectivity index (χ0) is 23.3. The van der Waals surface area contributed by atoms with E-state index in [4.69, 9.17) is 9.47 Å². The summed E-state index contributed by atoms with van der Waals surface area (Å²) in [5, 5.41) is 2.24. The molecule has 1 fully saturated rings. The molecule has 7 nitrogen and oxygen atoms in total. The Hall–Kier alpha value is -4.13. The van der Waals surface area contributed by atoms with E-state index in [1.165, 1.54) is 13.2 Å². The first-order valence-corrected chi connectivity index (χ1v) is 9.93. The van der Waals surface area contributed by atoms with Gasteiger partial charge in [0, 0.05) is 5.56 Å². The van der Waals surface area contributed by atoms with Gasteiger partial charge in [0.1, 0.15) is 12.2 Å². The summed E-state index contributed by atoms with van der Waals surface area (Å²) in [5.74, 6) is -0.496. The van der Waals surface area contributed by atoms with Crippen LogP contribution >= 0.6 is 0 Å². The number of imide groups is 2. The minimum atomic E-state index is -0.787. The van der Waals surface area contributed by atoms with Crippen LogP contribution in [0.3, 0.4) is 0 Å². The number of rotatable bonds is 8. The third kappa shape index (κ3) is 4.46.